The lowest BCUT2D eigenvalue weighted by molar-refractivity contribution is -0.218. The van der Waals surface area contributed by atoms with E-state index >= 15 is 0 Å². The zero-order valence-electron chi connectivity index (χ0n) is 14.6. The number of benzene rings is 2. The second-order valence-electron chi connectivity index (χ2n) is 6.07. The average Bonchev–Trinajstić information content (AvgIpc) is 3.12. The Morgan fingerprint density at radius 2 is 1.59 bits per heavy atom. The van der Waals surface area contributed by atoms with Crippen molar-refractivity contribution in [2.75, 3.05) is 6.26 Å². The van der Waals surface area contributed by atoms with E-state index in [-0.39, 0.29) is 22.0 Å². The maximum atomic E-state index is 12.8. The van der Waals surface area contributed by atoms with Crippen LogP contribution in [-0.4, -0.2) is 28.7 Å². The second kappa shape index (κ2) is 7.25. The highest BCUT2D eigenvalue weighted by Crippen LogP contribution is 2.30. The minimum absolute atomic E-state index is 0.109. The zero-order valence-corrected chi connectivity index (χ0v) is 15.4. The quantitative estimate of drug-likeness (QED) is 0.711. The molecule has 1 aliphatic heterocycles. The molecule has 0 bridgehead atoms. The molecule has 2 unspecified atom stereocenters. The topological polar surface area (TPSA) is 63.0 Å². The molecule has 0 amide bonds. The number of hydrogen-bond acceptors (Lipinski definition) is 5. The molecule has 0 saturated carbocycles. The van der Waals surface area contributed by atoms with Crippen molar-refractivity contribution < 1.29 is 35.4 Å². The first kappa shape index (κ1) is 21.0. The Kier molecular flexibility index (Phi) is 5.24. The van der Waals surface area contributed by atoms with Gasteiger partial charge in [0, 0.05) is 16.7 Å². The number of nitrogens with zero attached hydrogens (tertiary/aromatic N) is 2. The SMILES string of the molecule is CS(=O)(=Nc1ccc(C2=NOC(C(F)(F)F)N2)cc1)c1ccc(C(F)(F)F)cc1. The Labute approximate surface area is 161 Å². The lowest BCUT2D eigenvalue weighted by atomic mass is 10.2. The van der Waals surface area contributed by atoms with E-state index in [0.717, 1.165) is 24.3 Å². The molecule has 2 atom stereocenters. The van der Waals surface area contributed by atoms with Gasteiger partial charge in [0.15, 0.2) is 5.84 Å². The fourth-order valence-corrected chi connectivity index (χ4v) is 3.66. The van der Waals surface area contributed by atoms with Gasteiger partial charge in [-0.1, -0.05) is 5.16 Å². The Morgan fingerprint density at radius 1 is 1.00 bits per heavy atom. The van der Waals surface area contributed by atoms with Crippen LogP contribution < -0.4 is 5.32 Å². The van der Waals surface area contributed by atoms with Crippen LogP contribution >= 0.6 is 0 Å². The summed E-state index contributed by atoms with van der Waals surface area (Å²) >= 11 is 0. The van der Waals surface area contributed by atoms with Gasteiger partial charge in [-0.2, -0.15) is 30.7 Å². The highest BCUT2D eigenvalue weighted by Gasteiger charge is 2.45. The van der Waals surface area contributed by atoms with E-state index in [9.17, 15) is 30.6 Å². The fourth-order valence-electron chi connectivity index (χ4n) is 2.39. The predicted molar refractivity (Wildman–Crippen MR) is 92.9 cm³/mol. The molecule has 156 valence electrons. The summed E-state index contributed by atoms with van der Waals surface area (Å²) in [7, 11) is -3.05. The third kappa shape index (κ3) is 4.81. The van der Waals surface area contributed by atoms with Gasteiger partial charge >= 0.3 is 12.4 Å². The highest BCUT2D eigenvalue weighted by atomic mass is 32.2. The standard InChI is InChI=1S/C17H13F6N3O2S/c1-29(27,13-8-4-11(5-9-13)16(18,19)20)26-12-6-2-10(3-7-12)14-24-15(28-25-14)17(21,22)23/h2-9,15H,1H3,(H,24,25). The van der Waals surface area contributed by atoms with Crippen LogP contribution in [0.5, 0.6) is 0 Å². The molecule has 0 fully saturated rings. The first-order chi connectivity index (χ1) is 13.4. The molecule has 5 nitrogen and oxygen atoms in total. The first-order valence-electron chi connectivity index (χ1n) is 7.93. The van der Waals surface area contributed by atoms with Crippen molar-refractivity contribution in [2.45, 2.75) is 23.5 Å². The predicted octanol–water partition coefficient (Wildman–Crippen LogP) is 4.66. The van der Waals surface area contributed by atoms with Gasteiger partial charge in [0.1, 0.15) is 0 Å². The van der Waals surface area contributed by atoms with Gasteiger partial charge in [-0.3, -0.25) is 0 Å². The maximum Gasteiger partial charge on any atom is 0.448 e. The molecule has 0 saturated heterocycles. The number of alkyl halides is 6. The molecule has 0 radical (unpaired) electrons. The number of nitrogens with one attached hydrogen (secondary N) is 1. The molecule has 3 rings (SSSR count). The number of halogens is 6. The van der Waals surface area contributed by atoms with E-state index in [2.05, 4.69) is 19.7 Å². The van der Waals surface area contributed by atoms with Gasteiger partial charge in [0.25, 0.3) is 6.23 Å². The van der Waals surface area contributed by atoms with Crippen molar-refractivity contribution in [1.82, 2.24) is 5.32 Å². The largest absolute Gasteiger partial charge is 0.448 e. The van der Waals surface area contributed by atoms with E-state index in [1.165, 1.54) is 30.5 Å². The molecular formula is C17H13F6N3O2S. The van der Waals surface area contributed by atoms with Crippen molar-refractivity contribution in [1.29, 1.82) is 0 Å². The van der Waals surface area contributed by atoms with Crippen molar-refractivity contribution >= 4 is 21.3 Å². The molecule has 29 heavy (non-hydrogen) atoms. The Bertz CT molecular complexity index is 1040. The summed E-state index contributed by atoms with van der Waals surface area (Å²) in [6.45, 7) is 0. The van der Waals surface area contributed by atoms with E-state index in [0.29, 0.717) is 0 Å². The average molecular weight is 437 g/mol. The summed E-state index contributed by atoms with van der Waals surface area (Å²) in [5.74, 6) is -0.126. The number of amidine groups is 1. The highest BCUT2D eigenvalue weighted by molar-refractivity contribution is 7.93. The fraction of sp³-hybridized carbons (Fsp3) is 0.235. The van der Waals surface area contributed by atoms with Crippen molar-refractivity contribution in [3.05, 3.63) is 59.7 Å². The molecule has 0 aromatic heterocycles. The van der Waals surface area contributed by atoms with Gasteiger partial charge in [0.05, 0.1) is 21.0 Å². The smallest absolute Gasteiger partial charge is 0.359 e. The van der Waals surface area contributed by atoms with E-state index in [4.69, 9.17) is 0 Å². The van der Waals surface area contributed by atoms with E-state index in [1.54, 1.807) is 0 Å². The molecule has 2 aromatic rings. The number of oxime groups is 1. The van der Waals surface area contributed by atoms with E-state index < -0.39 is 33.9 Å². The van der Waals surface area contributed by atoms with Gasteiger partial charge in [0.2, 0.25) is 0 Å². The normalized spacial score (nSPS) is 19.0. The number of rotatable bonds is 3. The molecule has 1 heterocycles. The Balaban J connectivity index is 1.79. The molecule has 2 aromatic carbocycles. The monoisotopic (exact) mass is 437 g/mol. The van der Waals surface area contributed by atoms with Gasteiger partial charge in [-0.15, -0.1) is 0 Å². The molecule has 12 heteroatoms. The van der Waals surface area contributed by atoms with Crippen molar-refractivity contribution in [3.8, 4) is 0 Å². The minimum Gasteiger partial charge on any atom is -0.359 e. The summed E-state index contributed by atoms with van der Waals surface area (Å²) in [4.78, 5) is 4.40. The molecular weight excluding hydrogens is 424 g/mol. The number of hydrogen-bond donors (Lipinski definition) is 1. The van der Waals surface area contributed by atoms with Crippen LogP contribution in [0.1, 0.15) is 11.1 Å². The van der Waals surface area contributed by atoms with E-state index in [1.807, 2.05) is 0 Å². The molecule has 1 N–H and O–H groups in total. The lowest BCUT2D eigenvalue weighted by Gasteiger charge is -2.13. The van der Waals surface area contributed by atoms with Crippen LogP contribution in [0.25, 0.3) is 0 Å². The lowest BCUT2D eigenvalue weighted by Crippen LogP contribution is -2.41. The molecule has 0 spiro atoms. The summed E-state index contributed by atoms with van der Waals surface area (Å²) < 4.78 is 92.5. The summed E-state index contributed by atoms with van der Waals surface area (Å²) in [6, 6.07) is 9.41. The summed E-state index contributed by atoms with van der Waals surface area (Å²) in [6.07, 6.45) is -10.1. The van der Waals surface area contributed by atoms with Crippen LogP contribution in [0.3, 0.4) is 0 Å². The summed E-state index contributed by atoms with van der Waals surface area (Å²) in [5, 5.41) is 5.42. The van der Waals surface area contributed by atoms with Gasteiger partial charge in [-0.25, -0.2) is 4.21 Å². The van der Waals surface area contributed by atoms with Crippen molar-refractivity contribution in [3.63, 3.8) is 0 Å². The molecule has 1 aliphatic rings. The van der Waals surface area contributed by atoms with Gasteiger partial charge < -0.3 is 10.2 Å². The maximum absolute atomic E-state index is 12.8. The Hall–Kier alpha value is -2.76. The zero-order chi connectivity index (χ0) is 21.4. The summed E-state index contributed by atoms with van der Waals surface area (Å²) in [5.41, 5.74) is -0.356. The third-order valence-electron chi connectivity index (χ3n) is 3.85. The van der Waals surface area contributed by atoms with Gasteiger partial charge in [-0.05, 0) is 48.5 Å². The first-order valence-corrected chi connectivity index (χ1v) is 9.85. The van der Waals surface area contributed by atoms with Crippen LogP contribution in [0.4, 0.5) is 32.0 Å². The van der Waals surface area contributed by atoms with Crippen LogP contribution in [0.15, 0.2) is 62.9 Å². The Morgan fingerprint density at radius 3 is 2.07 bits per heavy atom. The van der Waals surface area contributed by atoms with Crippen LogP contribution in [-0.2, 0) is 20.7 Å². The second-order valence-corrected chi connectivity index (χ2v) is 8.33. The van der Waals surface area contributed by atoms with Crippen molar-refractivity contribution in [2.24, 2.45) is 9.52 Å². The van der Waals surface area contributed by atoms with Crippen LogP contribution in [0, 0.1) is 0 Å². The molecule has 0 aliphatic carbocycles. The van der Waals surface area contributed by atoms with Crippen LogP contribution in [0.2, 0.25) is 0 Å². The minimum atomic E-state index is -4.63. The third-order valence-corrected chi connectivity index (χ3v) is 5.56.